The summed E-state index contributed by atoms with van der Waals surface area (Å²) in [5.41, 5.74) is 0.396. The number of hydrogen-bond acceptors (Lipinski definition) is 4. The number of carbonyl (C=O) groups is 1. The summed E-state index contributed by atoms with van der Waals surface area (Å²) >= 11 is 0. The standard InChI is InChI=1S/C12H15F2NO4/c1-7(11(16)17)15-6-8-4-3-5-9(18-2)10(8)19-12(13)14/h3-5,7,12,15H,6H2,1-2H3,(H,16,17). The van der Waals surface area contributed by atoms with E-state index >= 15 is 0 Å². The normalized spacial score (nSPS) is 12.3. The summed E-state index contributed by atoms with van der Waals surface area (Å²) in [5, 5.41) is 11.4. The smallest absolute Gasteiger partial charge is 0.387 e. The predicted octanol–water partition coefficient (Wildman–Crippen LogP) is 1.86. The Morgan fingerprint density at radius 1 is 1.47 bits per heavy atom. The average molecular weight is 275 g/mol. The van der Waals surface area contributed by atoms with Crippen LogP contribution in [0.25, 0.3) is 0 Å². The molecule has 0 saturated heterocycles. The lowest BCUT2D eigenvalue weighted by Gasteiger charge is -2.16. The Kier molecular flexibility index (Phi) is 5.50. The number of methoxy groups -OCH3 is 1. The van der Waals surface area contributed by atoms with E-state index in [0.29, 0.717) is 5.56 Å². The van der Waals surface area contributed by atoms with E-state index in [9.17, 15) is 13.6 Å². The van der Waals surface area contributed by atoms with Gasteiger partial charge in [0, 0.05) is 12.1 Å². The van der Waals surface area contributed by atoms with Crippen LogP contribution < -0.4 is 14.8 Å². The molecule has 0 spiro atoms. The number of aliphatic carboxylic acids is 1. The minimum Gasteiger partial charge on any atom is -0.493 e. The van der Waals surface area contributed by atoms with Gasteiger partial charge in [0.25, 0.3) is 0 Å². The van der Waals surface area contributed by atoms with Crippen LogP contribution in [-0.2, 0) is 11.3 Å². The van der Waals surface area contributed by atoms with Crippen LogP contribution >= 0.6 is 0 Å². The van der Waals surface area contributed by atoms with Crippen molar-refractivity contribution in [2.24, 2.45) is 0 Å². The highest BCUT2D eigenvalue weighted by atomic mass is 19.3. The van der Waals surface area contributed by atoms with Crippen LogP contribution in [0.3, 0.4) is 0 Å². The molecular weight excluding hydrogens is 260 g/mol. The number of ether oxygens (including phenoxy) is 2. The third-order valence-electron chi connectivity index (χ3n) is 2.46. The minimum atomic E-state index is -2.98. The molecule has 19 heavy (non-hydrogen) atoms. The number of carboxylic acid groups (broad SMARTS) is 1. The van der Waals surface area contributed by atoms with Crippen LogP contribution in [0, 0.1) is 0 Å². The van der Waals surface area contributed by atoms with Gasteiger partial charge in [0.05, 0.1) is 7.11 Å². The van der Waals surface area contributed by atoms with E-state index in [1.807, 2.05) is 0 Å². The van der Waals surface area contributed by atoms with E-state index in [4.69, 9.17) is 9.84 Å². The Balaban J connectivity index is 2.89. The van der Waals surface area contributed by atoms with Gasteiger partial charge in [-0.3, -0.25) is 4.79 Å². The number of hydrogen-bond donors (Lipinski definition) is 2. The number of benzene rings is 1. The molecule has 0 radical (unpaired) electrons. The van der Waals surface area contributed by atoms with Crippen LogP contribution in [0.4, 0.5) is 8.78 Å². The summed E-state index contributed by atoms with van der Waals surface area (Å²) in [7, 11) is 1.34. The third kappa shape index (κ3) is 4.36. The molecule has 0 heterocycles. The van der Waals surface area contributed by atoms with E-state index in [0.717, 1.165) is 0 Å². The highest BCUT2D eigenvalue weighted by molar-refractivity contribution is 5.72. The Hall–Kier alpha value is -1.89. The second-order valence-corrected chi connectivity index (χ2v) is 3.77. The number of halogens is 2. The molecule has 0 fully saturated rings. The van der Waals surface area contributed by atoms with Crippen molar-refractivity contribution in [3.63, 3.8) is 0 Å². The summed E-state index contributed by atoms with van der Waals surface area (Å²) in [6.07, 6.45) is 0. The van der Waals surface area contributed by atoms with Crippen molar-refractivity contribution in [3.8, 4) is 11.5 Å². The number of carboxylic acids is 1. The molecule has 1 unspecified atom stereocenters. The molecule has 106 valence electrons. The van der Waals surface area contributed by atoms with Crippen molar-refractivity contribution >= 4 is 5.97 Å². The SMILES string of the molecule is COc1cccc(CNC(C)C(=O)O)c1OC(F)F. The first-order chi connectivity index (χ1) is 8.95. The fraction of sp³-hybridized carbons (Fsp3) is 0.417. The van der Waals surface area contributed by atoms with E-state index in [2.05, 4.69) is 10.1 Å². The molecule has 0 amide bonds. The largest absolute Gasteiger partial charge is 0.493 e. The molecule has 0 aliphatic rings. The third-order valence-corrected chi connectivity index (χ3v) is 2.46. The zero-order valence-corrected chi connectivity index (χ0v) is 10.5. The molecule has 0 aliphatic heterocycles. The Labute approximate surface area is 109 Å². The van der Waals surface area contributed by atoms with E-state index < -0.39 is 18.6 Å². The van der Waals surface area contributed by atoms with E-state index in [1.165, 1.54) is 20.1 Å². The van der Waals surface area contributed by atoms with Crippen molar-refractivity contribution in [2.45, 2.75) is 26.1 Å². The molecule has 5 nitrogen and oxygen atoms in total. The van der Waals surface area contributed by atoms with Gasteiger partial charge in [-0.25, -0.2) is 0 Å². The predicted molar refractivity (Wildman–Crippen MR) is 63.6 cm³/mol. The first-order valence-corrected chi connectivity index (χ1v) is 5.52. The number of alkyl halides is 2. The van der Waals surface area contributed by atoms with Crippen molar-refractivity contribution in [1.82, 2.24) is 5.32 Å². The molecule has 0 aliphatic carbocycles. The molecule has 1 atom stereocenters. The molecule has 1 aromatic carbocycles. The van der Waals surface area contributed by atoms with Crippen LogP contribution in [-0.4, -0.2) is 30.8 Å². The van der Waals surface area contributed by atoms with E-state index in [-0.39, 0.29) is 18.0 Å². The fourth-order valence-corrected chi connectivity index (χ4v) is 1.43. The molecule has 1 aromatic rings. The summed E-state index contributed by atoms with van der Waals surface area (Å²) in [4.78, 5) is 10.7. The maximum absolute atomic E-state index is 12.4. The topological polar surface area (TPSA) is 67.8 Å². The number of nitrogens with one attached hydrogen (secondary N) is 1. The first-order valence-electron chi connectivity index (χ1n) is 5.52. The van der Waals surface area contributed by atoms with Gasteiger partial charge >= 0.3 is 12.6 Å². The van der Waals surface area contributed by atoms with Crippen LogP contribution in [0.5, 0.6) is 11.5 Å². The van der Waals surface area contributed by atoms with Gasteiger partial charge in [0.2, 0.25) is 0 Å². The summed E-state index contributed by atoms with van der Waals surface area (Å²) in [6.45, 7) is -1.45. The second kappa shape index (κ2) is 6.89. The number of rotatable bonds is 7. The van der Waals surface area contributed by atoms with Gasteiger partial charge in [0.1, 0.15) is 6.04 Å². The van der Waals surface area contributed by atoms with E-state index in [1.54, 1.807) is 12.1 Å². The molecule has 0 bridgehead atoms. The zero-order chi connectivity index (χ0) is 14.4. The van der Waals surface area contributed by atoms with Gasteiger partial charge in [-0.2, -0.15) is 8.78 Å². The van der Waals surface area contributed by atoms with Gasteiger partial charge in [-0.1, -0.05) is 12.1 Å². The van der Waals surface area contributed by atoms with Gasteiger partial charge in [0.15, 0.2) is 11.5 Å². The van der Waals surface area contributed by atoms with Crippen molar-refractivity contribution in [1.29, 1.82) is 0 Å². The highest BCUT2D eigenvalue weighted by Crippen LogP contribution is 2.32. The summed E-state index contributed by atoms with van der Waals surface area (Å²) < 4.78 is 34.1. The van der Waals surface area contributed by atoms with Crippen LogP contribution in [0.15, 0.2) is 18.2 Å². The zero-order valence-electron chi connectivity index (χ0n) is 10.5. The Bertz CT molecular complexity index is 440. The second-order valence-electron chi connectivity index (χ2n) is 3.77. The van der Waals surface area contributed by atoms with Crippen LogP contribution in [0.1, 0.15) is 12.5 Å². The van der Waals surface area contributed by atoms with Gasteiger partial charge < -0.3 is 19.9 Å². The molecule has 0 saturated carbocycles. The Morgan fingerprint density at radius 3 is 2.68 bits per heavy atom. The van der Waals surface area contributed by atoms with Crippen molar-refractivity contribution in [2.75, 3.05) is 7.11 Å². The molecule has 1 rings (SSSR count). The molecule has 2 N–H and O–H groups in total. The molecule has 7 heteroatoms. The quantitative estimate of drug-likeness (QED) is 0.795. The van der Waals surface area contributed by atoms with Crippen molar-refractivity contribution in [3.05, 3.63) is 23.8 Å². The fourth-order valence-electron chi connectivity index (χ4n) is 1.43. The lowest BCUT2D eigenvalue weighted by atomic mass is 10.1. The Morgan fingerprint density at radius 2 is 2.16 bits per heavy atom. The van der Waals surface area contributed by atoms with Crippen LogP contribution in [0.2, 0.25) is 0 Å². The lowest BCUT2D eigenvalue weighted by molar-refractivity contribution is -0.139. The summed E-state index contributed by atoms with van der Waals surface area (Å²) in [5.74, 6) is -0.952. The number of para-hydroxylation sites is 1. The van der Waals surface area contributed by atoms with Gasteiger partial charge in [-0.05, 0) is 13.0 Å². The summed E-state index contributed by atoms with van der Waals surface area (Å²) in [6, 6.07) is 3.86. The monoisotopic (exact) mass is 275 g/mol. The molecule has 0 aromatic heterocycles. The highest BCUT2D eigenvalue weighted by Gasteiger charge is 2.17. The minimum absolute atomic E-state index is 0.0761. The molecular formula is C12H15F2NO4. The maximum atomic E-state index is 12.4. The maximum Gasteiger partial charge on any atom is 0.387 e. The average Bonchev–Trinajstić information content (AvgIpc) is 2.36. The lowest BCUT2D eigenvalue weighted by Crippen LogP contribution is -2.33. The van der Waals surface area contributed by atoms with Crippen molar-refractivity contribution < 1.29 is 28.2 Å². The first kappa shape index (κ1) is 15.2. The van der Waals surface area contributed by atoms with Gasteiger partial charge in [-0.15, -0.1) is 0 Å².